The normalized spacial score (nSPS) is 11.0. The number of carbonyl (C=O) groups is 1. The number of aryl methyl sites for hydroxylation is 2. The summed E-state index contributed by atoms with van der Waals surface area (Å²) in [6.07, 6.45) is 1.51. The Bertz CT molecular complexity index is 860. The molecule has 0 unspecified atom stereocenters. The lowest BCUT2D eigenvalue weighted by atomic mass is 10.1. The number of hydrogen-bond acceptors (Lipinski definition) is 3. The van der Waals surface area contributed by atoms with Crippen LogP contribution in [0.5, 0.6) is 5.75 Å². The summed E-state index contributed by atoms with van der Waals surface area (Å²) < 4.78 is 1.33. The van der Waals surface area contributed by atoms with Gasteiger partial charge in [-0.25, -0.2) is 0 Å². The molecule has 0 atom stereocenters. The quantitative estimate of drug-likeness (QED) is 0.333. The van der Waals surface area contributed by atoms with E-state index in [1.165, 1.54) is 6.08 Å². The van der Waals surface area contributed by atoms with Crippen LogP contribution in [0.4, 0.5) is 5.69 Å². The van der Waals surface area contributed by atoms with Gasteiger partial charge in [0.1, 0.15) is 17.4 Å². The Morgan fingerprint density at radius 1 is 1.17 bits per heavy atom. The highest BCUT2D eigenvalue weighted by molar-refractivity contribution is 14.1. The maximum atomic E-state index is 12.3. The van der Waals surface area contributed by atoms with Gasteiger partial charge in [-0.05, 0) is 106 Å². The molecule has 0 radical (unpaired) electrons. The van der Waals surface area contributed by atoms with Gasteiger partial charge in [0.05, 0.1) is 7.14 Å². The summed E-state index contributed by atoms with van der Waals surface area (Å²) in [6.45, 7) is 3.96. The van der Waals surface area contributed by atoms with Crippen molar-refractivity contribution >= 4 is 62.9 Å². The minimum atomic E-state index is -0.459. The summed E-state index contributed by atoms with van der Waals surface area (Å²) in [5.74, 6) is -0.259. The molecule has 0 aliphatic carbocycles. The van der Waals surface area contributed by atoms with Crippen LogP contribution in [0.2, 0.25) is 0 Å². The minimum Gasteiger partial charge on any atom is -0.506 e. The second-order valence-corrected chi connectivity index (χ2v) is 7.58. The van der Waals surface area contributed by atoms with Crippen molar-refractivity contribution in [3.8, 4) is 11.8 Å². The molecule has 0 aliphatic rings. The highest BCUT2D eigenvalue weighted by Gasteiger charge is 2.11. The monoisotopic (exact) mass is 544 g/mol. The van der Waals surface area contributed by atoms with Crippen molar-refractivity contribution in [2.75, 3.05) is 5.32 Å². The fourth-order valence-corrected chi connectivity index (χ4v) is 3.82. The maximum absolute atomic E-state index is 12.3. The predicted molar refractivity (Wildman–Crippen MR) is 112 cm³/mol. The molecule has 0 saturated heterocycles. The van der Waals surface area contributed by atoms with Gasteiger partial charge in [0.15, 0.2) is 0 Å². The molecule has 0 saturated carbocycles. The zero-order chi connectivity index (χ0) is 17.9. The second kappa shape index (κ2) is 7.98. The summed E-state index contributed by atoms with van der Waals surface area (Å²) in [6, 6.07) is 11.0. The number of phenols is 1. The van der Waals surface area contributed by atoms with Crippen LogP contribution in [0.1, 0.15) is 16.7 Å². The number of anilines is 1. The number of hydrogen-bond donors (Lipinski definition) is 2. The largest absolute Gasteiger partial charge is 0.506 e. The Morgan fingerprint density at radius 2 is 1.79 bits per heavy atom. The third kappa shape index (κ3) is 4.48. The standard InChI is InChI=1S/C18H14I2N2O2/c1-10-3-4-14(5-11(10)2)22-18(24)13(9-21)6-12-7-15(19)17(23)16(20)8-12/h3-8,23H,1-2H3,(H,22,24)/b13-6+. The fraction of sp³-hybridized carbons (Fsp3) is 0.111. The Balaban J connectivity index is 2.29. The summed E-state index contributed by atoms with van der Waals surface area (Å²) in [5.41, 5.74) is 3.55. The van der Waals surface area contributed by atoms with E-state index in [1.807, 2.05) is 83.3 Å². The van der Waals surface area contributed by atoms with Crippen molar-refractivity contribution in [3.05, 3.63) is 59.7 Å². The summed E-state index contributed by atoms with van der Waals surface area (Å²) in [4.78, 5) is 12.3. The van der Waals surface area contributed by atoms with E-state index in [-0.39, 0.29) is 11.3 Å². The number of rotatable bonds is 3. The zero-order valence-corrected chi connectivity index (χ0v) is 17.3. The second-order valence-electron chi connectivity index (χ2n) is 5.26. The number of phenolic OH excluding ortho intramolecular Hbond substituents is 1. The van der Waals surface area contributed by atoms with E-state index in [9.17, 15) is 15.2 Å². The van der Waals surface area contributed by atoms with Gasteiger partial charge < -0.3 is 10.4 Å². The number of aromatic hydroxyl groups is 1. The molecule has 24 heavy (non-hydrogen) atoms. The SMILES string of the molecule is Cc1ccc(NC(=O)/C(C#N)=C/c2cc(I)c(O)c(I)c2)cc1C. The molecule has 0 aromatic heterocycles. The van der Waals surface area contributed by atoms with E-state index in [4.69, 9.17) is 0 Å². The van der Waals surface area contributed by atoms with Crippen molar-refractivity contribution in [2.45, 2.75) is 13.8 Å². The predicted octanol–water partition coefficient (Wildman–Crippen LogP) is 4.76. The first-order chi connectivity index (χ1) is 11.3. The van der Waals surface area contributed by atoms with Gasteiger partial charge in [-0.15, -0.1) is 0 Å². The van der Waals surface area contributed by atoms with Gasteiger partial charge in [0.25, 0.3) is 5.91 Å². The average molecular weight is 544 g/mol. The Hall–Kier alpha value is -1.60. The number of benzene rings is 2. The van der Waals surface area contributed by atoms with E-state index in [1.54, 1.807) is 12.1 Å². The Morgan fingerprint density at radius 3 is 2.33 bits per heavy atom. The molecular weight excluding hydrogens is 530 g/mol. The van der Waals surface area contributed by atoms with Crippen LogP contribution >= 0.6 is 45.2 Å². The molecule has 2 aromatic carbocycles. The molecule has 4 nitrogen and oxygen atoms in total. The number of halogens is 2. The van der Waals surface area contributed by atoms with Gasteiger partial charge in [0, 0.05) is 5.69 Å². The first-order valence-electron chi connectivity index (χ1n) is 7.00. The van der Waals surface area contributed by atoms with Crippen molar-refractivity contribution in [3.63, 3.8) is 0 Å². The first-order valence-corrected chi connectivity index (χ1v) is 9.16. The van der Waals surface area contributed by atoms with Crippen molar-refractivity contribution in [1.29, 1.82) is 5.26 Å². The lowest BCUT2D eigenvalue weighted by molar-refractivity contribution is -0.112. The minimum absolute atomic E-state index is 0.00511. The lowest BCUT2D eigenvalue weighted by Gasteiger charge is -2.07. The van der Waals surface area contributed by atoms with Gasteiger partial charge in [-0.1, -0.05) is 6.07 Å². The number of nitrogens with zero attached hydrogens (tertiary/aromatic N) is 1. The summed E-state index contributed by atoms with van der Waals surface area (Å²) in [7, 11) is 0. The van der Waals surface area contributed by atoms with Crippen LogP contribution in [0, 0.1) is 32.3 Å². The molecule has 0 aliphatic heterocycles. The van der Waals surface area contributed by atoms with Crippen LogP contribution in [-0.4, -0.2) is 11.0 Å². The molecule has 1 amide bonds. The smallest absolute Gasteiger partial charge is 0.266 e. The number of nitrogens with one attached hydrogen (secondary N) is 1. The zero-order valence-electron chi connectivity index (χ0n) is 13.0. The van der Waals surface area contributed by atoms with Crippen molar-refractivity contribution in [2.24, 2.45) is 0 Å². The number of carbonyl (C=O) groups excluding carboxylic acids is 1. The molecule has 122 valence electrons. The molecule has 6 heteroatoms. The first kappa shape index (κ1) is 18.7. The molecule has 2 N–H and O–H groups in total. The van der Waals surface area contributed by atoms with Crippen LogP contribution in [-0.2, 0) is 4.79 Å². The average Bonchev–Trinajstić information content (AvgIpc) is 2.53. The van der Waals surface area contributed by atoms with Gasteiger partial charge in [-0.2, -0.15) is 5.26 Å². The van der Waals surface area contributed by atoms with Gasteiger partial charge in [-0.3, -0.25) is 4.79 Å². The van der Waals surface area contributed by atoms with E-state index < -0.39 is 5.91 Å². The lowest BCUT2D eigenvalue weighted by Crippen LogP contribution is -2.13. The van der Waals surface area contributed by atoms with Gasteiger partial charge in [0.2, 0.25) is 0 Å². The molecule has 2 rings (SSSR count). The highest BCUT2D eigenvalue weighted by atomic mass is 127. The van der Waals surface area contributed by atoms with E-state index in [0.717, 1.165) is 11.1 Å². The van der Waals surface area contributed by atoms with Crippen LogP contribution in [0.3, 0.4) is 0 Å². The number of nitriles is 1. The fourth-order valence-electron chi connectivity index (χ4n) is 2.00. The van der Waals surface area contributed by atoms with Crippen LogP contribution in [0.25, 0.3) is 6.08 Å². The van der Waals surface area contributed by atoms with Gasteiger partial charge >= 0.3 is 0 Å². The molecule has 2 aromatic rings. The van der Waals surface area contributed by atoms with Crippen LogP contribution in [0.15, 0.2) is 35.9 Å². The third-order valence-corrected chi connectivity index (χ3v) is 5.12. The Labute approximate surface area is 167 Å². The topological polar surface area (TPSA) is 73.1 Å². The summed E-state index contributed by atoms with van der Waals surface area (Å²) >= 11 is 4.02. The third-order valence-electron chi connectivity index (χ3n) is 3.48. The number of amides is 1. The molecule has 0 fully saturated rings. The van der Waals surface area contributed by atoms with E-state index >= 15 is 0 Å². The van der Waals surface area contributed by atoms with Crippen LogP contribution < -0.4 is 5.32 Å². The van der Waals surface area contributed by atoms with E-state index in [2.05, 4.69) is 5.32 Å². The molecule has 0 bridgehead atoms. The molecule has 0 spiro atoms. The highest BCUT2D eigenvalue weighted by Crippen LogP contribution is 2.28. The molecule has 0 heterocycles. The Kier molecular flexibility index (Phi) is 6.23. The maximum Gasteiger partial charge on any atom is 0.266 e. The van der Waals surface area contributed by atoms with E-state index in [0.29, 0.717) is 18.4 Å². The summed E-state index contributed by atoms with van der Waals surface area (Å²) in [5, 5.41) is 21.8. The van der Waals surface area contributed by atoms with Crippen molar-refractivity contribution < 1.29 is 9.90 Å². The van der Waals surface area contributed by atoms with Crippen molar-refractivity contribution in [1.82, 2.24) is 0 Å². The molecular formula is C18H14I2N2O2.